The van der Waals surface area contributed by atoms with Gasteiger partial charge in [0.2, 0.25) is 5.91 Å². The number of carboxylic acid groups (broad SMARTS) is 1. The molecule has 1 fully saturated rings. The first-order valence-electron chi connectivity index (χ1n) is 5.71. The average Bonchev–Trinajstić information content (AvgIpc) is 2.73. The van der Waals surface area contributed by atoms with Crippen LogP contribution < -0.4 is 0 Å². The van der Waals surface area contributed by atoms with Crippen LogP contribution in [0.2, 0.25) is 0 Å². The highest BCUT2D eigenvalue weighted by atomic mass is 32.2. The Morgan fingerprint density at radius 1 is 1.47 bits per heavy atom. The van der Waals surface area contributed by atoms with E-state index in [2.05, 4.69) is 0 Å². The predicted molar refractivity (Wildman–Crippen MR) is 67.5 cm³/mol. The molecule has 1 N–H and O–H groups in total. The van der Waals surface area contributed by atoms with Crippen LogP contribution in [0.4, 0.5) is 0 Å². The van der Waals surface area contributed by atoms with E-state index in [1.807, 2.05) is 0 Å². The van der Waals surface area contributed by atoms with E-state index in [0.717, 1.165) is 6.42 Å². The molecule has 6 heteroatoms. The number of likely N-dealkylation sites (tertiary alicyclic amines) is 1. The normalized spacial score (nSPS) is 22.5. The maximum Gasteiger partial charge on any atom is 0.326 e. The summed E-state index contributed by atoms with van der Waals surface area (Å²) in [5, 5.41) is 9.07. The quantitative estimate of drug-likeness (QED) is 0.797. The third-order valence-corrected chi connectivity index (χ3v) is 4.21. The number of hydrogen-bond donors (Lipinski definition) is 1. The molecule has 0 aromatic heterocycles. The van der Waals surface area contributed by atoms with Crippen LogP contribution in [0.5, 0.6) is 0 Å². The van der Waals surface area contributed by atoms with Gasteiger partial charge in [0.15, 0.2) is 5.12 Å². The van der Waals surface area contributed by atoms with Gasteiger partial charge in [-0.05, 0) is 18.6 Å². The summed E-state index contributed by atoms with van der Waals surface area (Å²) in [6.07, 6.45) is 1.27. The average molecular weight is 261 g/mol. The van der Waals surface area contributed by atoms with Crippen molar-refractivity contribution in [3.05, 3.63) is 0 Å². The molecule has 0 bridgehead atoms. The molecule has 2 atom stereocenters. The molecule has 1 unspecified atom stereocenters. The van der Waals surface area contributed by atoms with Crippen molar-refractivity contribution >= 4 is 28.8 Å². The molecule has 17 heavy (non-hydrogen) atoms. The zero-order chi connectivity index (χ0) is 13.0. The standard InChI is InChI=1S/C11H19NO4S/c1-7(6-17-8(2)13)10(14)12-5-3-4-9(12)11(15)16/h7,9H,3-6,17H2,1-2H3,(H,15,16)/t7?,9-/m0/s1. The van der Waals surface area contributed by atoms with Crippen molar-refractivity contribution in [1.82, 2.24) is 4.90 Å². The van der Waals surface area contributed by atoms with Crippen LogP contribution in [0, 0.1) is 5.92 Å². The van der Waals surface area contributed by atoms with E-state index in [4.69, 9.17) is 5.11 Å². The minimum atomic E-state index is -0.933. The number of hydrogen-bond acceptors (Lipinski definition) is 3. The van der Waals surface area contributed by atoms with Crippen LogP contribution in [0.25, 0.3) is 0 Å². The maximum atomic E-state index is 12.0. The van der Waals surface area contributed by atoms with Crippen LogP contribution in [-0.4, -0.2) is 45.3 Å². The van der Waals surface area contributed by atoms with Crippen LogP contribution in [0.1, 0.15) is 26.7 Å². The van der Waals surface area contributed by atoms with Gasteiger partial charge in [-0.1, -0.05) is 6.92 Å². The van der Waals surface area contributed by atoms with Gasteiger partial charge in [0.1, 0.15) is 6.04 Å². The van der Waals surface area contributed by atoms with Crippen LogP contribution in [0.3, 0.4) is 0 Å². The fraction of sp³-hybridized carbons (Fsp3) is 0.727. The van der Waals surface area contributed by atoms with Crippen molar-refractivity contribution in [3.63, 3.8) is 0 Å². The summed E-state index contributed by atoms with van der Waals surface area (Å²) in [5.41, 5.74) is 0. The Kier molecular flexibility index (Phi) is 4.99. The number of rotatable bonds is 4. The summed E-state index contributed by atoms with van der Waals surface area (Å²) in [6, 6.07) is -0.675. The number of carbonyl (C=O) groups is 3. The Morgan fingerprint density at radius 2 is 2.12 bits per heavy atom. The fourth-order valence-electron chi connectivity index (χ4n) is 1.95. The summed E-state index contributed by atoms with van der Waals surface area (Å²) >= 11 is 0.131. The van der Waals surface area contributed by atoms with E-state index >= 15 is 0 Å². The molecule has 1 amide bonds. The van der Waals surface area contributed by atoms with Crippen LogP contribution in [0.15, 0.2) is 0 Å². The molecule has 1 heterocycles. The molecule has 0 saturated carbocycles. The number of carbonyl (C=O) groups excluding carboxylic acids is 2. The largest absolute Gasteiger partial charge is 0.480 e. The van der Waals surface area contributed by atoms with Gasteiger partial charge in [-0.2, -0.15) is 0 Å². The van der Waals surface area contributed by atoms with Crippen molar-refractivity contribution in [2.45, 2.75) is 32.7 Å². The van der Waals surface area contributed by atoms with Gasteiger partial charge in [0.05, 0.1) is 0 Å². The number of aliphatic carboxylic acids is 1. The van der Waals surface area contributed by atoms with Crippen molar-refractivity contribution < 1.29 is 19.5 Å². The van der Waals surface area contributed by atoms with Crippen molar-refractivity contribution in [1.29, 1.82) is 0 Å². The molecule has 5 nitrogen and oxygen atoms in total. The molecule has 0 aliphatic carbocycles. The zero-order valence-corrected chi connectivity index (χ0v) is 11.1. The van der Waals surface area contributed by atoms with E-state index in [-0.39, 0.29) is 28.7 Å². The van der Waals surface area contributed by atoms with Crippen molar-refractivity contribution in [2.75, 3.05) is 12.3 Å². The van der Waals surface area contributed by atoms with Crippen LogP contribution in [-0.2, 0) is 14.4 Å². The first-order chi connectivity index (χ1) is 7.93. The summed E-state index contributed by atoms with van der Waals surface area (Å²) in [7, 11) is 0. The molecule has 1 saturated heterocycles. The molecule has 1 aliphatic rings. The maximum absolute atomic E-state index is 12.0. The van der Waals surface area contributed by atoms with E-state index in [9.17, 15) is 14.4 Å². The van der Waals surface area contributed by atoms with Gasteiger partial charge in [-0.25, -0.2) is 16.6 Å². The molecule has 98 valence electrons. The fourth-order valence-corrected chi connectivity index (χ4v) is 2.72. The highest BCUT2D eigenvalue weighted by molar-refractivity contribution is 8.13. The van der Waals surface area contributed by atoms with Crippen LogP contribution >= 0.6 is 11.8 Å². The number of carboxylic acids is 1. The Bertz CT molecular complexity index is 331. The Morgan fingerprint density at radius 3 is 2.65 bits per heavy atom. The van der Waals surface area contributed by atoms with Gasteiger partial charge >= 0.3 is 5.97 Å². The lowest BCUT2D eigenvalue weighted by atomic mass is 10.1. The van der Waals surface area contributed by atoms with E-state index in [0.29, 0.717) is 18.7 Å². The highest BCUT2D eigenvalue weighted by Gasteiger charge is 2.35. The monoisotopic (exact) mass is 261 g/mol. The molecule has 0 spiro atoms. The predicted octanol–water partition coefficient (Wildman–Crippen LogP) is 0.442. The van der Waals surface area contributed by atoms with Gasteiger partial charge in [0.25, 0.3) is 0 Å². The lowest BCUT2D eigenvalue weighted by Gasteiger charge is -2.24. The molecular formula is C11H19NO4S. The Hall–Kier alpha value is -1.04. The lowest BCUT2D eigenvalue weighted by molar-refractivity contribution is -0.149. The number of amides is 1. The molecule has 0 aromatic rings. The zero-order valence-electron chi connectivity index (χ0n) is 10.1. The lowest BCUT2D eigenvalue weighted by Crippen LogP contribution is -2.43. The van der Waals surface area contributed by atoms with Crippen molar-refractivity contribution in [3.8, 4) is 0 Å². The SMILES string of the molecule is CC(=O)[SH2]CC(C)C(=O)N1CCC[C@H]1C(=O)O. The first kappa shape index (κ1) is 14.0. The second kappa shape index (κ2) is 6.05. The van der Waals surface area contributed by atoms with E-state index in [1.54, 1.807) is 6.92 Å². The van der Waals surface area contributed by atoms with Gasteiger partial charge in [0, 0.05) is 19.4 Å². The minimum absolute atomic E-state index is 0.0841. The van der Waals surface area contributed by atoms with Gasteiger partial charge < -0.3 is 10.0 Å². The van der Waals surface area contributed by atoms with E-state index in [1.165, 1.54) is 11.8 Å². The smallest absolute Gasteiger partial charge is 0.326 e. The molecule has 1 rings (SSSR count). The first-order valence-corrected chi connectivity index (χ1v) is 6.92. The summed E-state index contributed by atoms with van der Waals surface area (Å²) in [6.45, 7) is 3.78. The van der Waals surface area contributed by atoms with Gasteiger partial charge in [-0.3, -0.25) is 9.59 Å². The summed E-state index contributed by atoms with van der Waals surface area (Å²) < 4.78 is 0. The summed E-state index contributed by atoms with van der Waals surface area (Å²) in [5.74, 6) is -0.810. The second-order valence-corrected chi connectivity index (χ2v) is 5.83. The topological polar surface area (TPSA) is 74.7 Å². The second-order valence-electron chi connectivity index (χ2n) is 4.37. The molecule has 0 radical (unpaired) electrons. The summed E-state index contributed by atoms with van der Waals surface area (Å²) in [4.78, 5) is 35.3. The third kappa shape index (κ3) is 3.73. The molecule has 0 aromatic carbocycles. The number of nitrogens with zero attached hydrogens (tertiary/aromatic N) is 1. The third-order valence-electron chi connectivity index (χ3n) is 2.90. The van der Waals surface area contributed by atoms with E-state index < -0.39 is 12.0 Å². The minimum Gasteiger partial charge on any atom is -0.480 e. The highest BCUT2D eigenvalue weighted by Crippen LogP contribution is 2.21. The molecular weight excluding hydrogens is 242 g/mol. The van der Waals surface area contributed by atoms with Crippen molar-refractivity contribution in [2.24, 2.45) is 5.92 Å². The van der Waals surface area contributed by atoms with Gasteiger partial charge in [-0.15, -0.1) is 0 Å². The Labute approximate surface area is 105 Å². The Balaban J connectivity index is 2.56. The molecule has 1 aliphatic heterocycles.